The third kappa shape index (κ3) is 3.12. The Kier molecular flexibility index (Phi) is 3.98. The van der Waals surface area contributed by atoms with Gasteiger partial charge >= 0.3 is 0 Å². The van der Waals surface area contributed by atoms with Crippen molar-refractivity contribution in [3.05, 3.63) is 46.8 Å². The van der Waals surface area contributed by atoms with Crippen molar-refractivity contribution in [3.8, 4) is 0 Å². The highest BCUT2D eigenvalue weighted by molar-refractivity contribution is 5.96. The fraction of sp³-hybridized carbons (Fsp3) is 0.267. The van der Waals surface area contributed by atoms with Crippen LogP contribution in [0, 0.1) is 13.8 Å². The largest absolute Gasteiger partial charge is 0.361 e. The van der Waals surface area contributed by atoms with Crippen LogP contribution >= 0.6 is 0 Å². The van der Waals surface area contributed by atoms with E-state index in [0.717, 1.165) is 11.3 Å². The molecule has 0 aliphatic rings. The zero-order chi connectivity index (χ0) is 14.7. The molecule has 1 amide bonds. The molecule has 0 unspecified atom stereocenters. The first-order chi connectivity index (χ1) is 9.47. The van der Waals surface area contributed by atoms with Crippen LogP contribution in [0.15, 0.2) is 28.8 Å². The zero-order valence-corrected chi connectivity index (χ0v) is 11.7. The molecule has 5 heteroatoms. The van der Waals surface area contributed by atoms with Crippen molar-refractivity contribution in [1.82, 2.24) is 5.16 Å². The average Bonchev–Trinajstić information content (AvgIpc) is 2.71. The lowest BCUT2D eigenvalue weighted by Gasteiger charge is -2.05. The Labute approximate surface area is 117 Å². The molecule has 0 saturated heterocycles. The summed E-state index contributed by atoms with van der Waals surface area (Å²) in [5.74, 6) is 0.512. The molecule has 5 nitrogen and oxygen atoms in total. The Bertz CT molecular complexity index is 622. The third-order valence-electron chi connectivity index (χ3n) is 3.09. The van der Waals surface area contributed by atoms with Gasteiger partial charge in [0.05, 0.1) is 12.1 Å². The number of carbonyl (C=O) groups excluding carboxylic acids is 2. The van der Waals surface area contributed by atoms with Crippen LogP contribution in [0.2, 0.25) is 0 Å². The molecule has 1 N–H and O–H groups in total. The number of nitrogens with zero attached hydrogens (tertiary/aromatic N) is 1. The molecule has 0 radical (unpaired) electrons. The Balaban J connectivity index is 2.03. The van der Waals surface area contributed by atoms with E-state index in [4.69, 9.17) is 4.52 Å². The highest BCUT2D eigenvalue weighted by atomic mass is 16.5. The number of ketones is 1. The standard InChI is InChI=1S/C15H16N2O3/c1-9-14(11(3)20-17-9)8-15(19)16-13-6-4-12(5-7-13)10(2)18/h4-7H,8H2,1-3H3,(H,16,19). The molecule has 2 rings (SSSR count). The van der Waals surface area contributed by atoms with Crippen molar-refractivity contribution < 1.29 is 14.1 Å². The molecule has 0 aliphatic heterocycles. The first-order valence-corrected chi connectivity index (χ1v) is 6.30. The number of Topliss-reactive ketones (excluding diaryl/α,β-unsaturated/α-hetero) is 1. The minimum Gasteiger partial charge on any atom is -0.361 e. The van der Waals surface area contributed by atoms with Gasteiger partial charge in [-0.2, -0.15) is 0 Å². The second-order valence-corrected chi connectivity index (χ2v) is 4.66. The molecule has 104 valence electrons. The quantitative estimate of drug-likeness (QED) is 0.868. The van der Waals surface area contributed by atoms with E-state index in [9.17, 15) is 9.59 Å². The first-order valence-electron chi connectivity index (χ1n) is 6.30. The van der Waals surface area contributed by atoms with E-state index >= 15 is 0 Å². The summed E-state index contributed by atoms with van der Waals surface area (Å²) < 4.78 is 5.02. The summed E-state index contributed by atoms with van der Waals surface area (Å²) in [6.45, 7) is 5.09. The molecule has 0 fully saturated rings. The van der Waals surface area contributed by atoms with Gasteiger partial charge in [-0.3, -0.25) is 9.59 Å². The Morgan fingerprint density at radius 1 is 1.20 bits per heavy atom. The smallest absolute Gasteiger partial charge is 0.228 e. The topological polar surface area (TPSA) is 72.2 Å². The van der Waals surface area contributed by atoms with Crippen LogP contribution in [0.4, 0.5) is 5.69 Å². The minimum absolute atomic E-state index is 0.00130. The van der Waals surface area contributed by atoms with E-state index in [-0.39, 0.29) is 18.1 Å². The summed E-state index contributed by atoms with van der Waals surface area (Å²) in [5.41, 5.74) is 2.81. The zero-order valence-electron chi connectivity index (χ0n) is 11.7. The van der Waals surface area contributed by atoms with Gasteiger partial charge in [-0.25, -0.2) is 0 Å². The van der Waals surface area contributed by atoms with Crippen molar-refractivity contribution in [1.29, 1.82) is 0 Å². The van der Waals surface area contributed by atoms with E-state index in [1.165, 1.54) is 6.92 Å². The van der Waals surface area contributed by atoms with Gasteiger partial charge in [-0.05, 0) is 45.0 Å². The molecule has 0 saturated carbocycles. The number of hydrogen-bond acceptors (Lipinski definition) is 4. The molecular weight excluding hydrogens is 256 g/mol. The lowest BCUT2D eigenvalue weighted by atomic mass is 10.1. The normalized spacial score (nSPS) is 10.3. The summed E-state index contributed by atoms with van der Waals surface area (Å²) in [6.07, 6.45) is 0.218. The fourth-order valence-corrected chi connectivity index (χ4v) is 1.91. The Hall–Kier alpha value is -2.43. The SMILES string of the molecule is CC(=O)c1ccc(NC(=O)Cc2c(C)noc2C)cc1. The Morgan fingerprint density at radius 2 is 1.85 bits per heavy atom. The number of hydrogen-bond donors (Lipinski definition) is 1. The molecule has 1 aromatic carbocycles. The molecule has 0 bridgehead atoms. The number of carbonyl (C=O) groups is 2. The predicted octanol–water partition coefficient (Wildman–Crippen LogP) is 2.68. The van der Waals surface area contributed by atoms with E-state index in [1.54, 1.807) is 38.1 Å². The number of anilines is 1. The average molecular weight is 272 g/mol. The van der Waals surface area contributed by atoms with Crippen LogP contribution in [-0.4, -0.2) is 16.8 Å². The molecule has 0 spiro atoms. The first kappa shape index (κ1) is 14.0. The summed E-state index contributed by atoms with van der Waals surface area (Å²) in [7, 11) is 0. The molecule has 0 aliphatic carbocycles. The second kappa shape index (κ2) is 5.69. The van der Waals surface area contributed by atoms with E-state index in [1.807, 2.05) is 0 Å². The van der Waals surface area contributed by atoms with Gasteiger partial charge in [0.2, 0.25) is 5.91 Å². The number of benzene rings is 1. The highest BCUT2D eigenvalue weighted by Gasteiger charge is 2.13. The minimum atomic E-state index is -0.144. The number of aromatic nitrogens is 1. The number of aryl methyl sites for hydroxylation is 2. The molecule has 1 aromatic heterocycles. The second-order valence-electron chi connectivity index (χ2n) is 4.66. The van der Waals surface area contributed by atoms with Crippen molar-refractivity contribution in [3.63, 3.8) is 0 Å². The van der Waals surface area contributed by atoms with Gasteiger partial charge in [0.1, 0.15) is 5.76 Å². The predicted molar refractivity (Wildman–Crippen MR) is 74.8 cm³/mol. The summed E-state index contributed by atoms with van der Waals surface area (Å²) >= 11 is 0. The van der Waals surface area contributed by atoms with E-state index < -0.39 is 0 Å². The Morgan fingerprint density at radius 3 is 2.35 bits per heavy atom. The van der Waals surface area contributed by atoms with Crippen molar-refractivity contribution in [2.45, 2.75) is 27.2 Å². The van der Waals surface area contributed by atoms with Crippen LogP contribution < -0.4 is 5.32 Å². The lowest BCUT2D eigenvalue weighted by Crippen LogP contribution is -2.15. The maximum atomic E-state index is 12.0. The van der Waals surface area contributed by atoms with Crippen molar-refractivity contribution in [2.24, 2.45) is 0 Å². The van der Waals surface area contributed by atoms with Crippen molar-refractivity contribution in [2.75, 3.05) is 5.32 Å². The van der Waals surface area contributed by atoms with Gasteiger partial charge in [-0.15, -0.1) is 0 Å². The van der Waals surface area contributed by atoms with Crippen LogP contribution in [-0.2, 0) is 11.2 Å². The molecular formula is C15H16N2O3. The highest BCUT2D eigenvalue weighted by Crippen LogP contribution is 2.15. The number of rotatable bonds is 4. The number of nitrogens with one attached hydrogen (secondary N) is 1. The summed E-state index contributed by atoms with van der Waals surface area (Å²) in [4.78, 5) is 23.1. The summed E-state index contributed by atoms with van der Waals surface area (Å²) in [5, 5.41) is 6.60. The van der Waals surface area contributed by atoms with Crippen LogP contribution in [0.25, 0.3) is 0 Å². The van der Waals surface area contributed by atoms with Crippen molar-refractivity contribution >= 4 is 17.4 Å². The summed E-state index contributed by atoms with van der Waals surface area (Å²) in [6, 6.07) is 6.80. The van der Waals surface area contributed by atoms with Crippen LogP contribution in [0.3, 0.4) is 0 Å². The maximum absolute atomic E-state index is 12.0. The number of amides is 1. The molecule has 1 heterocycles. The van der Waals surface area contributed by atoms with Crippen LogP contribution in [0.1, 0.15) is 34.3 Å². The monoisotopic (exact) mass is 272 g/mol. The molecule has 20 heavy (non-hydrogen) atoms. The van der Waals surface area contributed by atoms with Gasteiger partial charge in [-0.1, -0.05) is 5.16 Å². The third-order valence-corrected chi connectivity index (χ3v) is 3.09. The van der Waals surface area contributed by atoms with Gasteiger partial charge in [0.15, 0.2) is 5.78 Å². The van der Waals surface area contributed by atoms with Gasteiger partial charge in [0, 0.05) is 16.8 Å². The van der Waals surface area contributed by atoms with E-state index in [2.05, 4.69) is 10.5 Å². The van der Waals surface area contributed by atoms with Gasteiger partial charge < -0.3 is 9.84 Å². The van der Waals surface area contributed by atoms with E-state index in [0.29, 0.717) is 17.0 Å². The fourth-order valence-electron chi connectivity index (χ4n) is 1.91. The molecule has 2 aromatic rings. The van der Waals surface area contributed by atoms with Crippen LogP contribution in [0.5, 0.6) is 0 Å². The van der Waals surface area contributed by atoms with Gasteiger partial charge in [0.25, 0.3) is 0 Å². The molecule has 0 atom stereocenters. The lowest BCUT2D eigenvalue weighted by molar-refractivity contribution is -0.115. The maximum Gasteiger partial charge on any atom is 0.228 e.